The predicted molar refractivity (Wildman–Crippen MR) is 168 cm³/mol. The van der Waals surface area contributed by atoms with Gasteiger partial charge in [-0.25, -0.2) is 4.79 Å². The standard InChI is InChI=1S/C34H35N3O6S/c1-23(39)30(18-24-8-3-2-4-9-24)36-34(40)35-28-11-7-10-27(19-28)33-42-29(22-44-32-12-5-6-17-37(32)41)20-31(43-33)26-15-13-25(21-38)14-16-26/h2-17,19,29-31,33,38H,18,20-22H2,1H3,(H2,35,36,40). The lowest BCUT2D eigenvalue weighted by molar-refractivity contribution is -0.645. The number of hydrogen-bond donors (Lipinski definition) is 3. The second kappa shape index (κ2) is 15.0. The molecule has 0 spiro atoms. The molecule has 0 bridgehead atoms. The molecular formula is C34H35N3O6S. The lowest BCUT2D eigenvalue weighted by atomic mass is 10.0. The number of pyridine rings is 1. The smallest absolute Gasteiger partial charge is 0.319 e. The third-order valence-corrected chi connectivity index (χ3v) is 8.47. The number of ketones is 1. The van der Waals surface area contributed by atoms with Crippen molar-refractivity contribution in [2.45, 2.75) is 55.9 Å². The summed E-state index contributed by atoms with van der Waals surface area (Å²) in [7, 11) is 0. The molecule has 3 N–H and O–H groups in total. The molecule has 2 heterocycles. The quantitative estimate of drug-likeness (QED) is 0.116. The molecule has 2 amide bonds. The molecule has 44 heavy (non-hydrogen) atoms. The number of hydrogen-bond acceptors (Lipinski definition) is 7. The first-order chi connectivity index (χ1) is 21.4. The summed E-state index contributed by atoms with van der Waals surface area (Å²) in [6.07, 6.45) is 1.16. The third kappa shape index (κ3) is 8.45. The number of aliphatic hydroxyl groups is 1. The van der Waals surface area contributed by atoms with E-state index >= 15 is 0 Å². The van der Waals surface area contributed by atoms with E-state index in [-0.39, 0.29) is 24.6 Å². The summed E-state index contributed by atoms with van der Waals surface area (Å²) in [6, 6.07) is 28.5. The zero-order chi connectivity index (χ0) is 30.9. The Morgan fingerprint density at radius 3 is 2.45 bits per heavy atom. The maximum atomic E-state index is 12.9. The molecule has 1 aromatic heterocycles. The molecule has 5 rings (SSSR count). The number of anilines is 1. The highest BCUT2D eigenvalue weighted by Crippen LogP contribution is 2.39. The van der Waals surface area contributed by atoms with E-state index in [9.17, 15) is 19.9 Å². The maximum absolute atomic E-state index is 12.9. The Kier molecular flexibility index (Phi) is 10.6. The summed E-state index contributed by atoms with van der Waals surface area (Å²) in [5.41, 5.74) is 3.94. The highest BCUT2D eigenvalue weighted by atomic mass is 32.2. The minimum atomic E-state index is -0.736. The number of nitrogens with one attached hydrogen (secondary N) is 2. The first-order valence-corrected chi connectivity index (χ1v) is 15.4. The first kappa shape index (κ1) is 31.2. The average molecular weight is 614 g/mol. The predicted octanol–water partition coefficient (Wildman–Crippen LogP) is 5.47. The Morgan fingerprint density at radius 1 is 0.955 bits per heavy atom. The van der Waals surface area contributed by atoms with Gasteiger partial charge in [-0.05, 0) is 48.2 Å². The Labute approximate surface area is 260 Å². The summed E-state index contributed by atoms with van der Waals surface area (Å²) in [4.78, 5) is 25.2. The monoisotopic (exact) mass is 613 g/mol. The molecule has 4 unspecified atom stereocenters. The van der Waals surface area contributed by atoms with E-state index in [0.717, 1.165) is 21.4 Å². The fourth-order valence-corrected chi connectivity index (χ4v) is 5.89. The summed E-state index contributed by atoms with van der Waals surface area (Å²) in [6.45, 7) is 1.42. The van der Waals surface area contributed by atoms with Crippen LogP contribution >= 0.6 is 11.8 Å². The van der Waals surface area contributed by atoms with Crippen LogP contribution in [0, 0.1) is 5.21 Å². The van der Waals surface area contributed by atoms with Crippen LogP contribution < -0.4 is 15.4 Å². The number of rotatable bonds is 11. The minimum absolute atomic E-state index is 0.0458. The van der Waals surface area contributed by atoms with Gasteiger partial charge < -0.3 is 30.4 Å². The van der Waals surface area contributed by atoms with E-state index in [4.69, 9.17) is 9.47 Å². The fourth-order valence-electron chi connectivity index (χ4n) is 4.96. The van der Waals surface area contributed by atoms with Crippen LogP contribution in [0.1, 0.15) is 48.0 Å². The zero-order valence-electron chi connectivity index (χ0n) is 24.3. The number of nitrogens with zero attached hydrogens (tertiary/aromatic N) is 1. The molecule has 9 nitrogen and oxygen atoms in total. The second-order valence-electron chi connectivity index (χ2n) is 10.6. The number of Topliss-reactive ketones (excluding diaryl/α,β-unsaturated/α-hetero) is 1. The van der Waals surface area contributed by atoms with Gasteiger partial charge in [0.1, 0.15) is 0 Å². The Bertz CT molecular complexity index is 1550. The number of amides is 2. The molecule has 0 radical (unpaired) electrons. The number of thioether (sulfide) groups is 1. The molecule has 10 heteroatoms. The Morgan fingerprint density at radius 2 is 1.73 bits per heavy atom. The zero-order valence-corrected chi connectivity index (χ0v) is 25.1. The van der Waals surface area contributed by atoms with Crippen molar-refractivity contribution in [3.8, 4) is 0 Å². The van der Waals surface area contributed by atoms with Crippen molar-refractivity contribution in [3.63, 3.8) is 0 Å². The van der Waals surface area contributed by atoms with Crippen LogP contribution in [-0.2, 0) is 27.3 Å². The number of carbonyl (C=O) groups is 2. The van der Waals surface area contributed by atoms with Crippen LogP contribution in [0.15, 0.2) is 108 Å². The van der Waals surface area contributed by atoms with Gasteiger partial charge in [0, 0.05) is 35.6 Å². The van der Waals surface area contributed by atoms with E-state index in [1.54, 1.807) is 30.3 Å². The van der Waals surface area contributed by atoms with Crippen molar-refractivity contribution in [3.05, 3.63) is 131 Å². The van der Waals surface area contributed by atoms with E-state index < -0.39 is 18.4 Å². The molecule has 0 saturated carbocycles. The van der Waals surface area contributed by atoms with E-state index in [1.807, 2.05) is 66.7 Å². The average Bonchev–Trinajstić information content (AvgIpc) is 3.04. The van der Waals surface area contributed by atoms with E-state index in [1.165, 1.54) is 24.9 Å². The normalized spacial score (nSPS) is 18.7. The van der Waals surface area contributed by atoms with Gasteiger partial charge in [0.05, 0.1) is 24.9 Å². The number of carbonyl (C=O) groups excluding carboxylic acids is 2. The van der Waals surface area contributed by atoms with Crippen molar-refractivity contribution in [1.82, 2.24) is 5.32 Å². The van der Waals surface area contributed by atoms with Crippen LogP contribution in [0.2, 0.25) is 0 Å². The minimum Gasteiger partial charge on any atom is -0.618 e. The lowest BCUT2D eigenvalue weighted by Gasteiger charge is -2.36. The van der Waals surface area contributed by atoms with Crippen LogP contribution in [0.4, 0.5) is 10.5 Å². The van der Waals surface area contributed by atoms with Crippen molar-refractivity contribution in [2.75, 3.05) is 11.1 Å². The largest absolute Gasteiger partial charge is 0.618 e. The summed E-state index contributed by atoms with van der Waals surface area (Å²) in [5.74, 6) is 0.396. The molecule has 3 aromatic carbocycles. The first-order valence-electron chi connectivity index (χ1n) is 14.4. The maximum Gasteiger partial charge on any atom is 0.319 e. The third-order valence-electron chi connectivity index (χ3n) is 7.32. The summed E-state index contributed by atoms with van der Waals surface area (Å²) < 4.78 is 13.6. The van der Waals surface area contributed by atoms with Crippen LogP contribution in [-0.4, -0.2) is 34.8 Å². The molecule has 1 aliphatic heterocycles. The number of ether oxygens (including phenoxy) is 2. The van der Waals surface area contributed by atoms with Crippen molar-refractivity contribution < 1.29 is 28.9 Å². The highest BCUT2D eigenvalue weighted by Gasteiger charge is 2.33. The van der Waals surface area contributed by atoms with Crippen LogP contribution in [0.3, 0.4) is 0 Å². The number of urea groups is 1. The van der Waals surface area contributed by atoms with Gasteiger partial charge in [-0.15, -0.1) is 0 Å². The molecule has 1 fully saturated rings. The number of aliphatic hydroxyl groups excluding tert-OH is 1. The molecule has 0 aliphatic carbocycles. The van der Waals surface area contributed by atoms with E-state index in [2.05, 4.69) is 10.6 Å². The van der Waals surface area contributed by atoms with Crippen molar-refractivity contribution in [2.24, 2.45) is 0 Å². The second-order valence-corrected chi connectivity index (χ2v) is 11.6. The number of aromatic nitrogens is 1. The highest BCUT2D eigenvalue weighted by molar-refractivity contribution is 7.99. The SMILES string of the molecule is CC(=O)C(Cc1ccccc1)NC(=O)Nc1cccc(C2OC(CSc3cccc[n+]3[O-])CC(c3ccc(CO)cc3)O2)c1. The van der Waals surface area contributed by atoms with Gasteiger partial charge in [0.15, 0.2) is 18.3 Å². The van der Waals surface area contributed by atoms with Gasteiger partial charge >= 0.3 is 6.03 Å². The van der Waals surface area contributed by atoms with Gasteiger partial charge in [-0.1, -0.05) is 78.5 Å². The molecule has 4 atom stereocenters. The topological polar surface area (TPSA) is 124 Å². The molecular weight excluding hydrogens is 578 g/mol. The van der Waals surface area contributed by atoms with Crippen LogP contribution in [0.5, 0.6) is 0 Å². The van der Waals surface area contributed by atoms with Crippen LogP contribution in [0.25, 0.3) is 0 Å². The van der Waals surface area contributed by atoms with Gasteiger partial charge in [0.25, 0.3) is 5.03 Å². The number of benzene rings is 3. The lowest BCUT2D eigenvalue weighted by Crippen LogP contribution is -2.43. The Balaban J connectivity index is 1.30. The van der Waals surface area contributed by atoms with Gasteiger partial charge in [-0.3, -0.25) is 4.79 Å². The molecule has 4 aromatic rings. The summed E-state index contributed by atoms with van der Waals surface area (Å²) in [5, 5.41) is 27.9. The molecule has 228 valence electrons. The fraction of sp³-hybridized carbons (Fsp3) is 0.265. The van der Waals surface area contributed by atoms with Crippen molar-refractivity contribution in [1.29, 1.82) is 0 Å². The molecule has 1 saturated heterocycles. The summed E-state index contributed by atoms with van der Waals surface area (Å²) >= 11 is 1.42. The molecule has 1 aliphatic rings. The Hall–Kier alpha value is -4.22. The van der Waals surface area contributed by atoms with Gasteiger partial charge in [0.2, 0.25) is 0 Å². The van der Waals surface area contributed by atoms with E-state index in [0.29, 0.717) is 34.9 Å². The van der Waals surface area contributed by atoms with Crippen molar-refractivity contribution >= 4 is 29.3 Å². The van der Waals surface area contributed by atoms with Gasteiger partial charge in [-0.2, -0.15) is 4.73 Å².